The van der Waals surface area contributed by atoms with Crippen molar-refractivity contribution in [1.82, 2.24) is 5.32 Å². The SMILES string of the molecule is CC.C[N-]CC=O.O=C(NC1=NC2(c3ccc(F)cc3F)COCCC2CS1)c1ccccc1.[K+]. The van der Waals surface area contributed by atoms with Crippen LogP contribution in [0.25, 0.3) is 5.32 Å². The van der Waals surface area contributed by atoms with Crippen molar-refractivity contribution in [2.45, 2.75) is 25.8 Å². The number of carbonyl (C=O) groups excluding carboxylic acids is 2. The minimum Gasteiger partial charge on any atom is -0.659 e. The minimum atomic E-state index is -0.958. The fraction of sp³-hybridized carbons (Fsp3) is 0.400. The second-order valence-electron chi connectivity index (χ2n) is 7.30. The van der Waals surface area contributed by atoms with E-state index in [4.69, 9.17) is 9.73 Å². The zero-order valence-corrected chi connectivity index (χ0v) is 24.5. The fourth-order valence-corrected chi connectivity index (χ4v) is 4.84. The molecule has 0 radical (unpaired) electrons. The number of hydrogen-bond donors (Lipinski definition) is 1. The quantitative estimate of drug-likeness (QED) is 0.485. The van der Waals surface area contributed by atoms with Gasteiger partial charge in [0.25, 0.3) is 5.91 Å². The van der Waals surface area contributed by atoms with E-state index >= 15 is 0 Å². The van der Waals surface area contributed by atoms with Crippen LogP contribution >= 0.6 is 11.8 Å². The number of aldehydes is 1. The number of fused-ring (bicyclic) bond motifs is 1. The molecule has 4 rings (SSSR count). The molecule has 6 nitrogen and oxygen atoms in total. The Labute approximate surface area is 252 Å². The number of carbonyl (C=O) groups is 2. The van der Waals surface area contributed by atoms with E-state index in [1.54, 1.807) is 31.3 Å². The van der Waals surface area contributed by atoms with E-state index in [2.05, 4.69) is 10.6 Å². The number of nitrogens with zero attached hydrogens (tertiary/aromatic N) is 2. The first-order valence-electron chi connectivity index (χ1n) is 11.1. The van der Waals surface area contributed by atoms with Crippen molar-refractivity contribution in [3.8, 4) is 0 Å². The smallest absolute Gasteiger partial charge is 0.659 e. The molecule has 1 amide bonds. The average Bonchev–Trinajstić information content (AvgIpc) is 2.86. The molecule has 0 saturated carbocycles. The molecule has 1 fully saturated rings. The number of ether oxygens (including phenoxy) is 1. The number of rotatable bonds is 4. The van der Waals surface area contributed by atoms with Crippen LogP contribution in [0.4, 0.5) is 8.78 Å². The first-order valence-corrected chi connectivity index (χ1v) is 12.1. The molecular weight excluding hydrogens is 499 g/mol. The first-order chi connectivity index (χ1) is 16.5. The largest absolute Gasteiger partial charge is 1.00 e. The topological polar surface area (TPSA) is 81.9 Å². The third-order valence-electron chi connectivity index (χ3n) is 5.24. The number of halogens is 2. The summed E-state index contributed by atoms with van der Waals surface area (Å²) in [6, 6.07) is 12.4. The number of amides is 1. The number of benzene rings is 2. The number of hydrogen-bond acceptors (Lipinski definition) is 5. The van der Waals surface area contributed by atoms with E-state index in [1.165, 1.54) is 23.9 Å². The summed E-state index contributed by atoms with van der Waals surface area (Å²) in [5, 5.41) is 6.73. The van der Waals surface area contributed by atoms with Gasteiger partial charge in [-0.2, -0.15) is 7.05 Å². The van der Waals surface area contributed by atoms with Crippen molar-refractivity contribution in [3.63, 3.8) is 0 Å². The molecule has 2 unspecified atom stereocenters. The van der Waals surface area contributed by atoms with Gasteiger partial charge in [-0.3, -0.25) is 4.79 Å². The average molecular weight is 530 g/mol. The summed E-state index contributed by atoms with van der Waals surface area (Å²) in [6.45, 7) is 5.11. The molecular formula is C25H30F2KN3O3S. The van der Waals surface area contributed by atoms with Crippen LogP contribution in [0.1, 0.15) is 36.2 Å². The predicted octanol–water partition coefficient (Wildman–Crippen LogP) is 1.95. The number of thioether (sulfide) groups is 1. The Balaban J connectivity index is 0.000000685. The van der Waals surface area contributed by atoms with Crippen molar-refractivity contribution in [2.75, 3.05) is 32.6 Å². The first kappa shape index (κ1) is 32.0. The van der Waals surface area contributed by atoms with Crippen LogP contribution in [0.3, 0.4) is 0 Å². The summed E-state index contributed by atoms with van der Waals surface area (Å²) >= 11 is 1.44. The van der Waals surface area contributed by atoms with Gasteiger partial charge in [-0.25, -0.2) is 13.8 Å². The summed E-state index contributed by atoms with van der Waals surface area (Å²) in [7, 11) is 1.61. The number of likely N-dealkylation sites (N-methyl/N-ethyl adjacent to an activating group) is 1. The molecule has 184 valence electrons. The van der Waals surface area contributed by atoms with Gasteiger partial charge in [-0.1, -0.05) is 56.4 Å². The van der Waals surface area contributed by atoms with Crippen molar-refractivity contribution < 1.29 is 74.5 Å². The van der Waals surface area contributed by atoms with Gasteiger partial charge >= 0.3 is 51.4 Å². The summed E-state index contributed by atoms with van der Waals surface area (Å²) in [6.07, 6.45) is 1.49. The summed E-state index contributed by atoms with van der Waals surface area (Å²) in [4.78, 5) is 26.5. The maximum atomic E-state index is 14.6. The zero-order valence-electron chi connectivity index (χ0n) is 20.6. The van der Waals surface area contributed by atoms with Gasteiger partial charge in [0.05, 0.1) is 12.9 Å². The van der Waals surface area contributed by atoms with Gasteiger partial charge in [0.2, 0.25) is 0 Å². The van der Waals surface area contributed by atoms with E-state index < -0.39 is 17.2 Å². The summed E-state index contributed by atoms with van der Waals surface area (Å²) in [5.74, 6) is -0.823. The van der Waals surface area contributed by atoms with E-state index in [0.717, 1.165) is 18.8 Å². The molecule has 0 aromatic heterocycles. The second-order valence-corrected chi connectivity index (χ2v) is 8.31. The van der Waals surface area contributed by atoms with Gasteiger partial charge < -0.3 is 20.2 Å². The van der Waals surface area contributed by atoms with Crippen molar-refractivity contribution in [3.05, 3.63) is 76.6 Å². The maximum absolute atomic E-state index is 14.6. The standard InChI is InChI=1S/C20H18F2N2O2S.C3H6NO.C2H6.K/c21-15-6-7-16(17(22)10-15)20-12-26-9-8-14(20)11-27-19(24-20)23-18(25)13-4-2-1-3-5-13;1-4-2-3-5;1-2;/h1-7,10,14H,8-9,11-12H2,(H,23,24,25);3H,2H2,1H3;1-2H3;/q;-1;;+1. The molecule has 0 aliphatic carbocycles. The number of aliphatic imine (C=N–C) groups is 1. The van der Waals surface area contributed by atoms with Gasteiger partial charge in [0.15, 0.2) is 5.17 Å². The third-order valence-corrected chi connectivity index (χ3v) is 6.28. The molecule has 2 heterocycles. The Hall–Kier alpha value is -0.984. The molecule has 2 aliphatic rings. The molecule has 1 N–H and O–H groups in total. The molecule has 0 spiro atoms. The van der Waals surface area contributed by atoms with Crippen LogP contribution in [0.5, 0.6) is 0 Å². The normalized spacial score (nSPS) is 20.3. The van der Waals surface area contributed by atoms with Crippen LogP contribution < -0.4 is 56.7 Å². The van der Waals surface area contributed by atoms with E-state index in [-0.39, 0.29) is 69.8 Å². The Morgan fingerprint density at radius 1 is 1.26 bits per heavy atom. The van der Waals surface area contributed by atoms with Crippen LogP contribution in [0, 0.1) is 17.6 Å². The van der Waals surface area contributed by atoms with E-state index in [9.17, 15) is 18.4 Å². The van der Waals surface area contributed by atoms with Gasteiger partial charge in [-0.05, 0) is 24.6 Å². The second kappa shape index (κ2) is 16.7. The fourth-order valence-electron chi connectivity index (χ4n) is 3.64. The molecule has 2 atom stereocenters. The minimum absolute atomic E-state index is 0. The van der Waals surface area contributed by atoms with Crippen molar-refractivity contribution in [2.24, 2.45) is 10.9 Å². The summed E-state index contributed by atoms with van der Waals surface area (Å²) in [5.41, 5.74) is -0.134. The zero-order chi connectivity index (χ0) is 25.0. The molecule has 1 saturated heterocycles. The summed E-state index contributed by atoms with van der Waals surface area (Å²) < 4.78 is 33.6. The Morgan fingerprint density at radius 3 is 2.57 bits per heavy atom. The number of nitrogens with one attached hydrogen (secondary N) is 1. The van der Waals surface area contributed by atoms with Crippen molar-refractivity contribution >= 4 is 29.1 Å². The molecule has 0 bridgehead atoms. The Bertz CT molecular complexity index is 982. The molecule has 2 aromatic rings. The van der Waals surface area contributed by atoms with Gasteiger partial charge in [-0.15, -0.1) is 0 Å². The van der Waals surface area contributed by atoms with Crippen LogP contribution in [0.2, 0.25) is 0 Å². The third kappa shape index (κ3) is 8.82. The molecule has 2 aliphatic heterocycles. The van der Waals surface area contributed by atoms with E-state index in [1.807, 2.05) is 19.9 Å². The monoisotopic (exact) mass is 529 g/mol. The van der Waals surface area contributed by atoms with Crippen molar-refractivity contribution in [1.29, 1.82) is 0 Å². The molecule has 2 aromatic carbocycles. The Morgan fingerprint density at radius 2 is 1.97 bits per heavy atom. The van der Waals surface area contributed by atoms with Crippen LogP contribution in [-0.4, -0.2) is 49.9 Å². The Kier molecular flexibility index (Phi) is 15.3. The maximum Gasteiger partial charge on any atom is 1.00 e. The number of amidine groups is 1. The van der Waals surface area contributed by atoms with Gasteiger partial charge in [0, 0.05) is 35.5 Å². The molecule has 35 heavy (non-hydrogen) atoms. The predicted molar refractivity (Wildman–Crippen MR) is 132 cm³/mol. The van der Waals surface area contributed by atoms with E-state index in [0.29, 0.717) is 35.2 Å². The molecule has 10 heteroatoms. The van der Waals surface area contributed by atoms with Crippen LogP contribution in [0.15, 0.2) is 53.5 Å². The van der Waals surface area contributed by atoms with Gasteiger partial charge in [0.1, 0.15) is 17.2 Å². The van der Waals surface area contributed by atoms with Crippen LogP contribution in [-0.2, 0) is 15.1 Å².